The Balaban J connectivity index is 0.000000260. The van der Waals surface area contributed by atoms with Gasteiger partial charge in [-0.25, -0.2) is 4.98 Å². The Hall–Kier alpha value is -6.07. The van der Waals surface area contributed by atoms with E-state index in [0.717, 1.165) is 42.3 Å². The third-order valence-electron chi connectivity index (χ3n) is 9.07. The van der Waals surface area contributed by atoms with E-state index in [0.29, 0.717) is 106 Å². The first-order chi connectivity index (χ1) is 30.7. The molecule has 1 aromatic heterocycles. The summed E-state index contributed by atoms with van der Waals surface area (Å²) in [6.07, 6.45) is 1.66. The van der Waals surface area contributed by atoms with E-state index in [2.05, 4.69) is 107 Å². The zero-order valence-corrected chi connectivity index (χ0v) is 35.0. The maximum absolute atomic E-state index is 8.20. The number of nitrogens with zero attached hydrogens (tertiary/aromatic N) is 9. The largest absolute Gasteiger partial charge is 0.491 e. The summed E-state index contributed by atoms with van der Waals surface area (Å²) < 4.78 is 43.9. The van der Waals surface area contributed by atoms with E-state index in [-0.39, 0.29) is 0 Å². The molecule has 0 saturated heterocycles. The summed E-state index contributed by atoms with van der Waals surface area (Å²) in [5, 5.41) is 6.76. The van der Waals surface area contributed by atoms with Crippen LogP contribution < -0.4 is 19.3 Å². The molecule has 0 bridgehead atoms. The third kappa shape index (κ3) is 17.9. The van der Waals surface area contributed by atoms with Crippen molar-refractivity contribution in [2.45, 2.75) is 13.1 Å². The van der Waals surface area contributed by atoms with Crippen molar-refractivity contribution in [2.75, 3.05) is 122 Å². The molecule has 0 atom stereocenters. The number of aromatic nitrogens is 2. The fourth-order valence-corrected chi connectivity index (χ4v) is 6.18. The highest BCUT2D eigenvalue weighted by Gasteiger charge is 2.26. The Morgan fingerprint density at radius 1 is 0.516 bits per heavy atom. The molecule has 1 aliphatic rings. The van der Waals surface area contributed by atoms with Crippen LogP contribution in [0.2, 0.25) is 0 Å². The van der Waals surface area contributed by atoms with E-state index >= 15 is 0 Å². The SMILES string of the molecule is [N-]=[N+]=NCCOCCOCCOCCOc1ccc2c(c1)N(Cc1ccccc1)CN2Cc1ccccc1.[N-]=[N+]=NCCOCCOCCOCCOc1ccc2nc[nH]c2c1. The normalized spacial score (nSPS) is 11.7. The third-order valence-corrected chi connectivity index (χ3v) is 9.07. The Morgan fingerprint density at radius 3 is 1.48 bits per heavy atom. The van der Waals surface area contributed by atoms with Crippen LogP contribution in [0.3, 0.4) is 0 Å². The number of rotatable bonds is 30. The molecule has 18 heteroatoms. The summed E-state index contributed by atoms with van der Waals surface area (Å²) in [6.45, 7) is 9.81. The first kappa shape index (κ1) is 47.0. The van der Waals surface area contributed by atoms with Gasteiger partial charge in [0.15, 0.2) is 0 Å². The molecule has 5 aromatic rings. The standard InChI is InChI=1S/C29H35N5O4.C15H21N5O4/c30-32-31-13-14-35-15-16-36-17-18-37-19-20-38-27-11-12-28-29(21-27)34(23-26-9-5-2-6-10-26)24-33(28)22-25-7-3-1-4-8-25;16-20-19-3-4-21-5-6-22-7-8-23-9-10-24-13-1-2-14-15(11-13)18-12-17-14/h1-12,21H,13-20,22-24H2;1-2,11-12H,3-10H2,(H,17,18). The molecule has 18 nitrogen and oxygen atoms in total. The highest BCUT2D eigenvalue weighted by Crippen LogP contribution is 2.40. The summed E-state index contributed by atoms with van der Waals surface area (Å²) in [5.41, 5.74) is 23.1. The highest BCUT2D eigenvalue weighted by atomic mass is 16.6. The summed E-state index contributed by atoms with van der Waals surface area (Å²) in [7, 11) is 0. The van der Waals surface area contributed by atoms with Gasteiger partial charge >= 0.3 is 0 Å². The van der Waals surface area contributed by atoms with Crippen LogP contribution in [0.15, 0.2) is 114 Å². The number of hydrogen-bond donors (Lipinski definition) is 1. The van der Waals surface area contributed by atoms with Crippen molar-refractivity contribution in [3.8, 4) is 11.5 Å². The van der Waals surface area contributed by atoms with Crippen LogP contribution in [0.4, 0.5) is 11.4 Å². The lowest BCUT2D eigenvalue weighted by atomic mass is 10.2. The van der Waals surface area contributed by atoms with Crippen LogP contribution in [-0.4, -0.2) is 122 Å². The minimum Gasteiger partial charge on any atom is -0.491 e. The molecule has 0 fully saturated rings. The topological polar surface area (TPSA) is 207 Å². The molecule has 0 spiro atoms. The van der Waals surface area contributed by atoms with Crippen molar-refractivity contribution in [1.82, 2.24) is 9.97 Å². The van der Waals surface area contributed by atoms with Crippen LogP contribution >= 0.6 is 0 Å². The van der Waals surface area contributed by atoms with E-state index in [9.17, 15) is 0 Å². The van der Waals surface area contributed by atoms with Gasteiger partial charge in [-0.05, 0) is 46.5 Å². The van der Waals surface area contributed by atoms with E-state index in [1.54, 1.807) is 6.33 Å². The molecule has 0 amide bonds. The van der Waals surface area contributed by atoms with E-state index < -0.39 is 0 Å². The van der Waals surface area contributed by atoms with Crippen LogP contribution in [0.5, 0.6) is 11.5 Å². The van der Waals surface area contributed by atoms with Crippen LogP contribution in [0, 0.1) is 0 Å². The number of imidazole rings is 1. The van der Waals surface area contributed by atoms with Crippen molar-refractivity contribution in [2.24, 2.45) is 10.2 Å². The molecule has 1 aliphatic heterocycles. The average molecular weight is 853 g/mol. The number of aromatic amines is 1. The predicted molar refractivity (Wildman–Crippen MR) is 237 cm³/mol. The van der Waals surface area contributed by atoms with Crippen LogP contribution in [0.1, 0.15) is 11.1 Å². The van der Waals surface area contributed by atoms with Gasteiger partial charge in [0.1, 0.15) is 24.7 Å². The van der Waals surface area contributed by atoms with Crippen molar-refractivity contribution in [3.05, 3.63) is 135 Å². The lowest BCUT2D eigenvalue weighted by Crippen LogP contribution is -2.30. The van der Waals surface area contributed by atoms with Gasteiger partial charge in [-0.15, -0.1) is 0 Å². The van der Waals surface area contributed by atoms with E-state index in [1.807, 2.05) is 30.3 Å². The molecule has 4 aromatic carbocycles. The van der Waals surface area contributed by atoms with Gasteiger partial charge in [-0.2, -0.15) is 0 Å². The molecule has 0 radical (unpaired) electrons. The Morgan fingerprint density at radius 2 is 0.968 bits per heavy atom. The van der Waals surface area contributed by atoms with Crippen LogP contribution in [-0.2, 0) is 41.5 Å². The number of azide groups is 2. The van der Waals surface area contributed by atoms with Gasteiger partial charge in [-0.1, -0.05) is 70.9 Å². The summed E-state index contributed by atoms with van der Waals surface area (Å²) >= 11 is 0. The Bertz CT molecular complexity index is 2070. The molecular weight excluding hydrogens is 797 g/mol. The smallest absolute Gasteiger partial charge is 0.121 e. The second-order valence-electron chi connectivity index (χ2n) is 13.5. The molecule has 0 saturated carbocycles. The fourth-order valence-electron chi connectivity index (χ4n) is 6.18. The molecule has 1 N–H and O–H groups in total. The monoisotopic (exact) mass is 852 g/mol. The Labute approximate surface area is 361 Å². The van der Waals surface area contributed by atoms with Gasteiger partial charge in [0.2, 0.25) is 0 Å². The minimum absolute atomic E-state index is 0.334. The minimum atomic E-state index is 0.334. The maximum Gasteiger partial charge on any atom is 0.121 e. The highest BCUT2D eigenvalue weighted by molar-refractivity contribution is 5.78. The first-order valence-corrected chi connectivity index (χ1v) is 20.6. The molecule has 0 aliphatic carbocycles. The predicted octanol–water partition coefficient (Wildman–Crippen LogP) is 7.71. The fraction of sp³-hybridized carbons (Fsp3) is 0.432. The summed E-state index contributed by atoms with van der Waals surface area (Å²) in [6, 6.07) is 33.1. The molecule has 0 unspecified atom stereocenters. The second-order valence-corrected chi connectivity index (χ2v) is 13.5. The zero-order chi connectivity index (χ0) is 43.1. The van der Waals surface area contributed by atoms with Crippen molar-refractivity contribution in [3.63, 3.8) is 0 Å². The summed E-state index contributed by atoms with van der Waals surface area (Å²) in [5.74, 6) is 1.62. The summed E-state index contributed by atoms with van der Waals surface area (Å²) in [4.78, 5) is 17.3. The van der Waals surface area contributed by atoms with Gasteiger partial charge < -0.3 is 52.7 Å². The number of hydrogen-bond acceptors (Lipinski definition) is 13. The number of ether oxygens (including phenoxy) is 8. The van der Waals surface area contributed by atoms with Crippen molar-refractivity contribution < 1.29 is 37.9 Å². The first-order valence-electron chi connectivity index (χ1n) is 20.6. The number of fused-ring (bicyclic) bond motifs is 2. The second kappa shape index (κ2) is 29.2. The number of H-pyrrole nitrogens is 1. The zero-order valence-electron chi connectivity index (χ0n) is 35.0. The van der Waals surface area contributed by atoms with Crippen LogP contribution in [0.25, 0.3) is 31.9 Å². The van der Waals surface area contributed by atoms with Crippen molar-refractivity contribution >= 4 is 22.4 Å². The van der Waals surface area contributed by atoms with Crippen molar-refractivity contribution in [1.29, 1.82) is 0 Å². The van der Waals surface area contributed by atoms with Gasteiger partial charge in [0.05, 0.1) is 115 Å². The van der Waals surface area contributed by atoms with Gasteiger partial charge in [0.25, 0.3) is 0 Å². The quantitative estimate of drug-likeness (QED) is 0.0205. The molecule has 2 heterocycles. The number of benzene rings is 4. The van der Waals surface area contributed by atoms with Gasteiger partial charge in [-0.3, -0.25) is 0 Å². The molecule has 330 valence electrons. The molecule has 62 heavy (non-hydrogen) atoms. The lowest BCUT2D eigenvalue weighted by Gasteiger charge is -2.22. The van der Waals surface area contributed by atoms with Gasteiger partial charge in [0, 0.05) is 48.1 Å². The Kier molecular flexibility index (Phi) is 22.2. The number of anilines is 2. The maximum atomic E-state index is 8.20. The number of nitrogens with one attached hydrogen (secondary N) is 1. The lowest BCUT2D eigenvalue weighted by molar-refractivity contribution is 0.0106. The molecular formula is C44H56N10O8. The van der Waals surface area contributed by atoms with E-state index in [4.69, 9.17) is 49.0 Å². The van der Waals surface area contributed by atoms with E-state index in [1.165, 1.54) is 22.5 Å². The molecule has 6 rings (SSSR count). The average Bonchev–Trinajstić information content (AvgIpc) is 3.91.